The number of ether oxygens (including phenoxy) is 2. The molecule has 0 fully saturated rings. The number of methoxy groups -OCH3 is 1. The van der Waals surface area contributed by atoms with E-state index in [1.165, 1.54) is 5.56 Å². The van der Waals surface area contributed by atoms with Gasteiger partial charge in [0.2, 0.25) is 0 Å². The molecule has 18 heavy (non-hydrogen) atoms. The highest BCUT2D eigenvalue weighted by Crippen LogP contribution is 2.14. The van der Waals surface area contributed by atoms with E-state index < -0.39 is 0 Å². The van der Waals surface area contributed by atoms with Gasteiger partial charge in [-0.3, -0.25) is 4.79 Å². The molecule has 3 heteroatoms. The SMILES string of the molecule is CCCCOC(=O)CCCc1cccc(OC)c1. The van der Waals surface area contributed by atoms with Crippen molar-refractivity contribution in [2.45, 2.75) is 39.0 Å². The van der Waals surface area contributed by atoms with Gasteiger partial charge in [0.25, 0.3) is 0 Å². The van der Waals surface area contributed by atoms with Gasteiger partial charge >= 0.3 is 5.97 Å². The number of rotatable bonds is 8. The highest BCUT2D eigenvalue weighted by Gasteiger charge is 2.03. The first-order valence-corrected chi connectivity index (χ1v) is 6.54. The molecule has 0 heterocycles. The standard InChI is InChI=1S/C15H22O3/c1-3-4-11-18-15(16)10-6-8-13-7-5-9-14(12-13)17-2/h5,7,9,12H,3-4,6,8,10-11H2,1-2H3. The summed E-state index contributed by atoms with van der Waals surface area (Å²) in [5, 5.41) is 0. The molecule has 0 amide bonds. The molecule has 0 N–H and O–H groups in total. The molecular weight excluding hydrogens is 228 g/mol. The Balaban J connectivity index is 2.22. The topological polar surface area (TPSA) is 35.5 Å². The zero-order chi connectivity index (χ0) is 13.2. The third-order valence-corrected chi connectivity index (χ3v) is 2.74. The second kappa shape index (κ2) is 8.56. The third kappa shape index (κ3) is 5.71. The molecule has 0 aliphatic rings. The predicted molar refractivity (Wildman–Crippen MR) is 71.8 cm³/mol. The zero-order valence-electron chi connectivity index (χ0n) is 11.3. The van der Waals surface area contributed by atoms with Crippen LogP contribution in [0.2, 0.25) is 0 Å². The summed E-state index contributed by atoms with van der Waals surface area (Å²) < 4.78 is 10.3. The van der Waals surface area contributed by atoms with E-state index in [0.29, 0.717) is 13.0 Å². The quantitative estimate of drug-likeness (QED) is 0.524. The molecule has 0 aromatic heterocycles. The Bertz CT molecular complexity index is 361. The third-order valence-electron chi connectivity index (χ3n) is 2.74. The van der Waals surface area contributed by atoms with Crippen molar-refractivity contribution >= 4 is 5.97 Å². The molecule has 0 unspecified atom stereocenters. The summed E-state index contributed by atoms with van der Waals surface area (Å²) >= 11 is 0. The first-order chi connectivity index (χ1) is 8.76. The van der Waals surface area contributed by atoms with Gasteiger partial charge in [-0.15, -0.1) is 0 Å². The normalized spacial score (nSPS) is 10.1. The fourth-order valence-electron chi connectivity index (χ4n) is 1.67. The minimum atomic E-state index is -0.0913. The molecule has 3 nitrogen and oxygen atoms in total. The first-order valence-electron chi connectivity index (χ1n) is 6.54. The largest absolute Gasteiger partial charge is 0.497 e. The Morgan fingerprint density at radius 3 is 2.83 bits per heavy atom. The molecule has 100 valence electrons. The maximum atomic E-state index is 11.4. The van der Waals surface area contributed by atoms with Crippen LogP contribution in [0, 0.1) is 0 Å². The number of carbonyl (C=O) groups excluding carboxylic acids is 1. The predicted octanol–water partition coefficient (Wildman–Crippen LogP) is 3.36. The fraction of sp³-hybridized carbons (Fsp3) is 0.533. The van der Waals surface area contributed by atoms with Crippen LogP contribution in [0.5, 0.6) is 5.75 Å². The van der Waals surface area contributed by atoms with Crippen molar-refractivity contribution in [1.82, 2.24) is 0 Å². The minimum absolute atomic E-state index is 0.0913. The van der Waals surface area contributed by atoms with Crippen molar-refractivity contribution < 1.29 is 14.3 Å². The maximum absolute atomic E-state index is 11.4. The number of carbonyl (C=O) groups is 1. The summed E-state index contributed by atoms with van der Waals surface area (Å²) in [6, 6.07) is 7.93. The monoisotopic (exact) mass is 250 g/mol. The van der Waals surface area contributed by atoms with E-state index in [2.05, 4.69) is 6.92 Å². The van der Waals surface area contributed by atoms with Gasteiger partial charge in [-0.1, -0.05) is 25.5 Å². The molecular formula is C15H22O3. The van der Waals surface area contributed by atoms with E-state index in [0.717, 1.165) is 31.4 Å². The average Bonchev–Trinajstić information content (AvgIpc) is 2.39. The number of hydrogen-bond donors (Lipinski definition) is 0. The van der Waals surface area contributed by atoms with Crippen LogP contribution < -0.4 is 4.74 Å². The maximum Gasteiger partial charge on any atom is 0.305 e. The van der Waals surface area contributed by atoms with Crippen molar-refractivity contribution in [3.63, 3.8) is 0 Å². The van der Waals surface area contributed by atoms with E-state index >= 15 is 0 Å². The summed E-state index contributed by atoms with van der Waals surface area (Å²) in [6.45, 7) is 2.63. The van der Waals surface area contributed by atoms with Crippen LogP contribution in [-0.2, 0) is 16.0 Å². The van der Waals surface area contributed by atoms with Crippen LogP contribution in [0.15, 0.2) is 24.3 Å². The number of hydrogen-bond acceptors (Lipinski definition) is 3. The van der Waals surface area contributed by atoms with Crippen LogP contribution in [-0.4, -0.2) is 19.7 Å². The molecule has 1 rings (SSSR count). The Kier molecular flexibility index (Phi) is 6.92. The van der Waals surface area contributed by atoms with Crippen molar-refractivity contribution in [3.05, 3.63) is 29.8 Å². The van der Waals surface area contributed by atoms with E-state index in [9.17, 15) is 4.79 Å². The zero-order valence-corrected chi connectivity index (χ0v) is 11.3. The van der Waals surface area contributed by atoms with Crippen molar-refractivity contribution in [3.8, 4) is 5.75 Å². The Morgan fingerprint density at radius 1 is 1.28 bits per heavy atom. The number of benzene rings is 1. The van der Waals surface area contributed by atoms with Crippen molar-refractivity contribution in [1.29, 1.82) is 0 Å². The van der Waals surface area contributed by atoms with Gasteiger partial charge in [0.15, 0.2) is 0 Å². The number of aryl methyl sites for hydroxylation is 1. The lowest BCUT2D eigenvalue weighted by atomic mass is 10.1. The summed E-state index contributed by atoms with van der Waals surface area (Å²) in [6.07, 6.45) is 4.18. The summed E-state index contributed by atoms with van der Waals surface area (Å²) in [4.78, 5) is 11.4. The van der Waals surface area contributed by atoms with E-state index in [-0.39, 0.29) is 5.97 Å². The molecule has 0 saturated heterocycles. The van der Waals surface area contributed by atoms with E-state index in [4.69, 9.17) is 9.47 Å². The minimum Gasteiger partial charge on any atom is -0.497 e. The molecule has 0 spiro atoms. The van der Waals surface area contributed by atoms with Crippen LogP contribution in [0.3, 0.4) is 0 Å². The van der Waals surface area contributed by atoms with Crippen molar-refractivity contribution in [2.75, 3.05) is 13.7 Å². The van der Waals surface area contributed by atoms with Crippen LogP contribution >= 0.6 is 0 Å². The molecule has 0 bridgehead atoms. The van der Waals surface area contributed by atoms with Crippen LogP contribution in [0.25, 0.3) is 0 Å². The van der Waals surface area contributed by atoms with Gasteiger partial charge in [-0.05, 0) is 37.0 Å². The first kappa shape index (κ1) is 14.6. The highest BCUT2D eigenvalue weighted by molar-refractivity contribution is 5.69. The Hall–Kier alpha value is -1.51. The number of unbranched alkanes of at least 4 members (excludes halogenated alkanes) is 1. The molecule has 0 aliphatic carbocycles. The Morgan fingerprint density at radius 2 is 2.11 bits per heavy atom. The van der Waals surface area contributed by atoms with E-state index in [1.54, 1.807) is 7.11 Å². The summed E-state index contributed by atoms with van der Waals surface area (Å²) in [5.41, 5.74) is 1.19. The molecule has 0 atom stereocenters. The second-order valence-electron chi connectivity index (χ2n) is 4.28. The van der Waals surface area contributed by atoms with Gasteiger partial charge in [-0.2, -0.15) is 0 Å². The molecule has 0 saturated carbocycles. The molecule has 1 aromatic rings. The lowest BCUT2D eigenvalue weighted by Crippen LogP contribution is -2.05. The summed E-state index contributed by atoms with van der Waals surface area (Å²) in [7, 11) is 1.66. The molecule has 0 radical (unpaired) electrons. The van der Waals surface area contributed by atoms with Gasteiger partial charge < -0.3 is 9.47 Å². The Labute approximate surface area is 109 Å². The lowest BCUT2D eigenvalue weighted by Gasteiger charge is -2.05. The van der Waals surface area contributed by atoms with Gasteiger partial charge in [-0.25, -0.2) is 0 Å². The van der Waals surface area contributed by atoms with Crippen molar-refractivity contribution in [2.24, 2.45) is 0 Å². The van der Waals surface area contributed by atoms with Crippen LogP contribution in [0.1, 0.15) is 38.2 Å². The molecule has 0 aliphatic heterocycles. The average molecular weight is 250 g/mol. The smallest absolute Gasteiger partial charge is 0.305 e. The fourth-order valence-corrected chi connectivity index (χ4v) is 1.67. The molecule has 1 aromatic carbocycles. The number of esters is 1. The lowest BCUT2D eigenvalue weighted by molar-refractivity contribution is -0.143. The van der Waals surface area contributed by atoms with Gasteiger partial charge in [0, 0.05) is 6.42 Å². The van der Waals surface area contributed by atoms with Gasteiger partial charge in [0.1, 0.15) is 5.75 Å². The van der Waals surface area contributed by atoms with E-state index in [1.807, 2.05) is 24.3 Å². The van der Waals surface area contributed by atoms with Gasteiger partial charge in [0.05, 0.1) is 13.7 Å². The summed E-state index contributed by atoms with van der Waals surface area (Å²) in [5.74, 6) is 0.768. The van der Waals surface area contributed by atoms with Crippen LogP contribution in [0.4, 0.5) is 0 Å². The highest BCUT2D eigenvalue weighted by atomic mass is 16.5. The second-order valence-corrected chi connectivity index (χ2v) is 4.28.